The van der Waals surface area contributed by atoms with E-state index in [1.165, 1.54) is 19.2 Å². The molecule has 3 heterocycles. The third kappa shape index (κ3) is 5.47. The normalized spacial score (nSPS) is 13.8. The predicted octanol–water partition coefficient (Wildman–Crippen LogP) is 4.65. The minimum Gasteiger partial charge on any atom is -0.497 e. The van der Waals surface area contributed by atoms with Crippen LogP contribution in [0.5, 0.6) is 11.5 Å². The number of hydrogen-bond acceptors (Lipinski definition) is 9. The number of benzene rings is 2. The summed E-state index contributed by atoms with van der Waals surface area (Å²) in [6.07, 6.45) is 0. The number of aromatic nitrogens is 1. The molecule has 38 heavy (non-hydrogen) atoms. The van der Waals surface area contributed by atoms with Gasteiger partial charge in [-0.05, 0) is 35.7 Å². The number of ether oxygens (including phenoxy) is 2. The van der Waals surface area contributed by atoms with E-state index in [1.807, 2.05) is 29.6 Å². The van der Waals surface area contributed by atoms with Gasteiger partial charge in [-0.2, -0.15) is 0 Å². The molecule has 0 bridgehead atoms. The molecule has 1 fully saturated rings. The quantitative estimate of drug-likeness (QED) is 0.329. The maximum absolute atomic E-state index is 13.5. The Morgan fingerprint density at radius 2 is 1.71 bits per heavy atom. The molecule has 1 saturated heterocycles. The Hall–Kier alpha value is -3.61. The van der Waals surface area contributed by atoms with Gasteiger partial charge in [0.25, 0.3) is 15.9 Å². The molecule has 2 aromatic carbocycles. The zero-order chi connectivity index (χ0) is 26.7. The van der Waals surface area contributed by atoms with Crippen LogP contribution < -0.4 is 19.1 Å². The van der Waals surface area contributed by atoms with Gasteiger partial charge in [0.05, 0.1) is 31.2 Å². The molecular formula is C26H26N4O5S3. The maximum atomic E-state index is 13.5. The highest BCUT2D eigenvalue weighted by Gasteiger charge is 2.27. The van der Waals surface area contributed by atoms with Crippen molar-refractivity contribution >= 4 is 49.4 Å². The first kappa shape index (κ1) is 26.0. The minimum absolute atomic E-state index is 0.170. The van der Waals surface area contributed by atoms with Crippen LogP contribution in [0, 0.1) is 0 Å². The van der Waals surface area contributed by atoms with Gasteiger partial charge in [-0.25, -0.2) is 13.4 Å². The van der Waals surface area contributed by atoms with Crippen LogP contribution in [0.2, 0.25) is 0 Å². The number of amides is 1. The topological polar surface area (TPSA) is 101 Å². The molecule has 0 unspecified atom stereocenters. The summed E-state index contributed by atoms with van der Waals surface area (Å²) in [5.41, 5.74) is 2.32. The third-order valence-electron chi connectivity index (χ3n) is 6.16. The standard InChI is InChI=1S/C26H26N4O5S3/c1-34-19-6-3-5-18(15-19)23-17-37-26(27-23)30-12-10-29(11-13-30)25(31)21-9-8-20(35-2)16-22(21)28-38(32,33)24-7-4-14-36-24/h3-9,14-17,28H,10-13H2,1-2H3. The Kier molecular flexibility index (Phi) is 7.54. The lowest BCUT2D eigenvalue weighted by molar-refractivity contribution is 0.0748. The summed E-state index contributed by atoms with van der Waals surface area (Å²) in [6.45, 7) is 2.19. The molecule has 0 saturated carbocycles. The van der Waals surface area contributed by atoms with Crippen LogP contribution >= 0.6 is 22.7 Å². The number of methoxy groups -OCH3 is 2. The van der Waals surface area contributed by atoms with Crippen molar-refractivity contribution < 1.29 is 22.7 Å². The molecule has 0 radical (unpaired) electrons. The molecule has 1 aliphatic rings. The molecule has 1 aliphatic heterocycles. The summed E-state index contributed by atoms with van der Waals surface area (Å²) in [4.78, 5) is 22.2. The van der Waals surface area contributed by atoms with Crippen LogP contribution in [0.25, 0.3) is 11.3 Å². The number of piperazine rings is 1. The van der Waals surface area contributed by atoms with E-state index in [4.69, 9.17) is 14.5 Å². The highest BCUT2D eigenvalue weighted by molar-refractivity contribution is 7.94. The lowest BCUT2D eigenvalue weighted by Gasteiger charge is -2.35. The van der Waals surface area contributed by atoms with Crippen molar-refractivity contribution in [3.05, 3.63) is 70.9 Å². The number of hydrogen-bond donors (Lipinski definition) is 1. The Morgan fingerprint density at radius 3 is 2.42 bits per heavy atom. The fourth-order valence-corrected chi connectivity index (χ4v) is 7.08. The summed E-state index contributed by atoms with van der Waals surface area (Å²) < 4.78 is 39.1. The average molecular weight is 571 g/mol. The molecule has 0 atom stereocenters. The number of nitrogens with zero attached hydrogens (tertiary/aromatic N) is 3. The summed E-state index contributed by atoms with van der Waals surface area (Å²) in [5.74, 6) is 0.984. The maximum Gasteiger partial charge on any atom is 0.271 e. The van der Waals surface area contributed by atoms with E-state index in [0.29, 0.717) is 31.9 Å². The lowest BCUT2D eigenvalue weighted by atomic mass is 10.1. The van der Waals surface area contributed by atoms with Gasteiger partial charge in [0.2, 0.25) is 0 Å². The van der Waals surface area contributed by atoms with E-state index in [9.17, 15) is 13.2 Å². The molecule has 1 N–H and O–H groups in total. The molecule has 2 aromatic heterocycles. The van der Waals surface area contributed by atoms with E-state index < -0.39 is 10.0 Å². The predicted molar refractivity (Wildman–Crippen MR) is 150 cm³/mol. The van der Waals surface area contributed by atoms with Crippen molar-refractivity contribution in [1.82, 2.24) is 9.88 Å². The van der Waals surface area contributed by atoms with Gasteiger partial charge < -0.3 is 19.3 Å². The Balaban J connectivity index is 1.29. The second-order valence-electron chi connectivity index (χ2n) is 8.48. The van der Waals surface area contributed by atoms with E-state index in [0.717, 1.165) is 33.5 Å². The number of rotatable bonds is 8. The van der Waals surface area contributed by atoms with Crippen LogP contribution in [-0.2, 0) is 10.0 Å². The number of carbonyl (C=O) groups excluding carboxylic acids is 1. The Labute approximate surface area is 229 Å². The van der Waals surface area contributed by atoms with E-state index in [1.54, 1.807) is 46.9 Å². The van der Waals surface area contributed by atoms with Gasteiger partial charge >= 0.3 is 0 Å². The SMILES string of the molecule is COc1cccc(-c2csc(N3CCN(C(=O)c4ccc(OC)cc4NS(=O)(=O)c4cccs4)CC3)n2)c1. The molecule has 9 nitrogen and oxygen atoms in total. The first-order chi connectivity index (χ1) is 18.4. The number of nitrogens with one attached hydrogen (secondary N) is 1. The number of anilines is 2. The average Bonchev–Trinajstić information content (AvgIpc) is 3.66. The molecule has 4 aromatic rings. The van der Waals surface area contributed by atoms with Gasteiger partial charge in [-0.1, -0.05) is 18.2 Å². The first-order valence-corrected chi connectivity index (χ1v) is 15.0. The zero-order valence-corrected chi connectivity index (χ0v) is 23.2. The number of thiophene rings is 1. The van der Waals surface area contributed by atoms with Gasteiger partial charge in [0.15, 0.2) is 5.13 Å². The summed E-state index contributed by atoms with van der Waals surface area (Å²) >= 11 is 2.67. The summed E-state index contributed by atoms with van der Waals surface area (Å²) in [7, 11) is -0.702. The van der Waals surface area contributed by atoms with Crippen molar-refractivity contribution in [2.45, 2.75) is 4.21 Å². The number of carbonyl (C=O) groups is 1. The van der Waals surface area contributed by atoms with Crippen LogP contribution in [0.3, 0.4) is 0 Å². The van der Waals surface area contributed by atoms with E-state index >= 15 is 0 Å². The van der Waals surface area contributed by atoms with Crippen molar-refractivity contribution in [3.63, 3.8) is 0 Å². The minimum atomic E-state index is -3.83. The molecular weight excluding hydrogens is 545 g/mol. The second-order valence-corrected chi connectivity index (χ2v) is 12.2. The smallest absolute Gasteiger partial charge is 0.271 e. The van der Waals surface area contributed by atoms with Crippen LogP contribution in [0.1, 0.15) is 10.4 Å². The second kappa shape index (κ2) is 11.0. The molecule has 0 aliphatic carbocycles. The van der Waals surface area contributed by atoms with Crippen molar-refractivity contribution in [3.8, 4) is 22.8 Å². The van der Waals surface area contributed by atoms with Gasteiger partial charge in [-0.3, -0.25) is 9.52 Å². The largest absolute Gasteiger partial charge is 0.497 e. The van der Waals surface area contributed by atoms with Crippen molar-refractivity contribution in [2.24, 2.45) is 0 Å². The fourth-order valence-electron chi connectivity index (χ4n) is 4.13. The monoisotopic (exact) mass is 570 g/mol. The summed E-state index contributed by atoms with van der Waals surface area (Å²) in [6, 6.07) is 15.8. The van der Waals surface area contributed by atoms with E-state index in [2.05, 4.69) is 9.62 Å². The molecule has 198 valence electrons. The highest BCUT2D eigenvalue weighted by atomic mass is 32.2. The van der Waals surface area contributed by atoms with Gasteiger partial charge in [-0.15, -0.1) is 22.7 Å². The number of sulfonamides is 1. The first-order valence-electron chi connectivity index (χ1n) is 11.8. The lowest BCUT2D eigenvalue weighted by Crippen LogP contribution is -2.49. The van der Waals surface area contributed by atoms with Crippen LogP contribution in [0.15, 0.2) is 69.6 Å². The summed E-state index contributed by atoms with van der Waals surface area (Å²) in [5, 5.41) is 4.60. The molecule has 0 spiro atoms. The van der Waals surface area contributed by atoms with Gasteiger partial charge in [0, 0.05) is 43.2 Å². The van der Waals surface area contributed by atoms with Crippen molar-refractivity contribution in [2.75, 3.05) is 50.0 Å². The van der Waals surface area contributed by atoms with Crippen LogP contribution in [-0.4, -0.2) is 64.6 Å². The molecule has 12 heteroatoms. The molecule has 5 rings (SSSR count). The van der Waals surface area contributed by atoms with E-state index in [-0.39, 0.29) is 21.4 Å². The Bertz CT molecular complexity index is 1530. The third-order valence-corrected chi connectivity index (χ3v) is 9.82. The van der Waals surface area contributed by atoms with Crippen LogP contribution in [0.4, 0.5) is 10.8 Å². The Morgan fingerprint density at radius 1 is 0.947 bits per heavy atom. The zero-order valence-electron chi connectivity index (χ0n) is 20.8. The number of thiazole rings is 1. The van der Waals surface area contributed by atoms with Gasteiger partial charge in [0.1, 0.15) is 15.7 Å². The fraction of sp³-hybridized carbons (Fsp3) is 0.231. The molecule has 1 amide bonds. The highest BCUT2D eigenvalue weighted by Crippen LogP contribution is 2.31. The van der Waals surface area contributed by atoms with Crippen molar-refractivity contribution in [1.29, 1.82) is 0 Å².